The SMILES string of the molecule is CC(=O)N1CC2(CC(C)n3nc(-c4cnc5ccccc5c4)cc32)C1. The third-order valence-electron chi connectivity index (χ3n) is 5.70. The maximum absolute atomic E-state index is 11.6. The predicted octanol–water partition coefficient (Wildman–Crippen LogP) is 3.16. The fourth-order valence-electron chi connectivity index (χ4n) is 4.43. The van der Waals surface area contributed by atoms with Gasteiger partial charge in [-0.15, -0.1) is 0 Å². The van der Waals surface area contributed by atoms with Crippen molar-refractivity contribution < 1.29 is 4.79 Å². The minimum Gasteiger partial charge on any atom is -0.341 e. The van der Waals surface area contributed by atoms with E-state index in [4.69, 9.17) is 5.10 Å². The topological polar surface area (TPSA) is 51.0 Å². The lowest BCUT2D eigenvalue weighted by atomic mass is 9.74. The van der Waals surface area contributed by atoms with Crippen molar-refractivity contribution in [2.24, 2.45) is 0 Å². The highest BCUT2D eigenvalue weighted by Gasteiger charge is 2.52. The quantitative estimate of drug-likeness (QED) is 0.688. The van der Waals surface area contributed by atoms with Gasteiger partial charge in [-0.05, 0) is 31.5 Å². The van der Waals surface area contributed by atoms with E-state index in [9.17, 15) is 4.79 Å². The molecule has 126 valence electrons. The zero-order valence-electron chi connectivity index (χ0n) is 14.4. The van der Waals surface area contributed by atoms with Crippen molar-refractivity contribution in [1.29, 1.82) is 0 Å². The smallest absolute Gasteiger partial charge is 0.219 e. The van der Waals surface area contributed by atoms with Crippen molar-refractivity contribution in [2.45, 2.75) is 31.7 Å². The van der Waals surface area contributed by atoms with E-state index in [-0.39, 0.29) is 11.3 Å². The van der Waals surface area contributed by atoms with Gasteiger partial charge < -0.3 is 4.90 Å². The molecule has 2 aromatic heterocycles. The molecule has 1 saturated heterocycles. The molecule has 2 aliphatic rings. The molecular formula is C20H20N4O. The van der Waals surface area contributed by atoms with Crippen LogP contribution in [0.4, 0.5) is 0 Å². The number of benzene rings is 1. The summed E-state index contributed by atoms with van der Waals surface area (Å²) in [4.78, 5) is 18.1. The summed E-state index contributed by atoms with van der Waals surface area (Å²) in [6.07, 6.45) is 2.97. The van der Waals surface area contributed by atoms with Gasteiger partial charge in [0.15, 0.2) is 0 Å². The molecule has 0 N–H and O–H groups in total. The molecule has 1 atom stereocenters. The molecular weight excluding hydrogens is 312 g/mol. The van der Waals surface area contributed by atoms with Gasteiger partial charge in [-0.1, -0.05) is 18.2 Å². The molecule has 2 aliphatic heterocycles. The monoisotopic (exact) mass is 332 g/mol. The number of hydrogen-bond donors (Lipinski definition) is 0. The highest BCUT2D eigenvalue weighted by Crippen LogP contribution is 2.48. The van der Waals surface area contributed by atoms with Gasteiger partial charge in [0.05, 0.1) is 17.3 Å². The standard InChI is InChI=1S/C20H20N4O/c1-13-9-20(11-23(12-20)14(2)25)19-8-18(22-24(13)19)16-7-15-5-3-4-6-17(15)21-10-16/h3-8,10,13H,9,11-12H2,1-2H3. The zero-order chi connectivity index (χ0) is 17.2. The fraction of sp³-hybridized carbons (Fsp3) is 0.350. The summed E-state index contributed by atoms with van der Waals surface area (Å²) in [6, 6.07) is 12.9. The van der Waals surface area contributed by atoms with Gasteiger partial charge in [-0.25, -0.2) is 0 Å². The van der Waals surface area contributed by atoms with Crippen LogP contribution < -0.4 is 0 Å². The Balaban J connectivity index is 1.55. The number of carbonyl (C=O) groups is 1. The summed E-state index contributed by atoms with van der Waals surface area (Å²) < 4.78 is 2.15. The second-order valence-corrected chi connectivity index (χ2v) is 7.48. The normalized spacial score (nSPS) is 20.7. The summed E-state index contributed by atoms with van der Waals surface area (Å²) in [6.45, 7) is 5.49. The number of nitrogens with zero attached hydrogens (tertiary/aromatic N) is 4. The maximum Gasteiger partial charge on any atom is 0.219 e. The highest BCUT2D eigenvalue weighted by molar-refractivity contribution is 5.83. The van der Waals surface area contributed by atoms with Crippen LogP contribution in [-0.2, 0) is 10.2 Å². The van der Waals surface area contributed by atoms with Crippen LogP contribution in [0.1, 0.15) is 32.0 Å². The van der Waals surface area contributed by atoms with Gasteiger partial charge in [0, 0.05) is 48.3 Å². The van der Waals surface area contributed by atoms with Crippen molar-refractivity contribution >= 4 is 16.8 Å². The first-order chi connectivity index (χ1) is 12.1. The first-order valence-corrected chi connectivity index (χ1v) is 8.76. The van der Waals surface area contributed by atoms with Gasteiger partial charge in [-0.3, -0.25) is 14.5 Å². The Morgan fingerprint density at radius 1 is 1.24 bits per heavy atom. The van der Waals surface area contributed by atoms with Crippen LogP contribution in [-0.4, -0.2) is 38.7 Å². The molecule has 1 unspecified atom stereocenters. The lowest BCUT2D eigenvalue weighted by Gasteiger charge is -2.47. The molecule has 4 heterocycles. The molecule has 0 saturated carbocycles. The molecule has 0 aliphatic carbocycles. The zero-order valence-corrected chi connectivity index (χ0v) is 14.4. The van der Waals surface area contributed by atoms with Crippen LogP contribution in [0, 0.1) is 0 Å². The number of rotatable bonds is 1. The number of aromatic nitrogens is 3. The van der Waals surface area contributed by atoms with E-state index in [1.165, 1.54) is 5.69 Å². The Morgan fingerprint density at radius 3 is 2.84 bits per heavy atom. The average molecular weight is 332 g/mol. The van der Waals surface area contributed by atoms with Crippen LogP contribution in [0.2, 0.25) is 0 Å². The van der Waals surface area contributed by atoms with E-state index in [1.807, 2.05) is 29.3 Å². The third kappa shape index (κ3) is 2.05. The molecule has 1 amide bonds. The van der Waals surface area contributed by atoms with Crippen LogP contribution in [0.25, 0.3) is 22.2 Å². The average Bonchev–Trinajstić information content (AvgIpc) is 3.12. The lowest BCUT2D eigenvalue weighted by Crippen LogP contribution is -2.59. The summed E-state index contributed by atoms with van der Waals surface area (Å²) in [5.41, 5.74) is 4.37. The van der Waals surface area contributed by atoms with Crippen LogP contribution in [0.3, 0.4) is 0 Å². The maximum atomic E-state index is 11.6. The van der Waals surface area contributed by atoms with E-state index in [0.717, 1.165) is 41.7 Å². The van der Waals surface area contributed by atoms with Crippen molar-refractivity contribution in [3.8, 4) is 11.3 Å². The molecule has 1 fully saturated rings. The molecule has 5 rings (SSSR count). The molecule has 5 nitrogen and oxygen atoms in total. The fourth-order valence-corrected chi connectivity index (χ4v) is 4.43. The van der Waals surface area contributed by atoms with Crippen molar-refractivity contribution in [3.63, 3.8) is 0 Å². The number of para-hydroxylation sites is 1. The Labute approximate surface area is 146 Å². The molecule has 1 aromatic carbocycles. The van der Waals surface area contributed by atoms with E-state index >= 15 is 0 Å². The summed E-state index contributed by atoms with van der Waals surface area (Å²) in [5, 5.41) is 6.00. The first kappa shape index (κ1) is 14.6. The van der Waals surface area contributed by atoms with Crippen molar-refractivity contribution in [1.82, 2.24) is 19.7 Å². The van der Waals surface area contributed by atoms with Gasteiger partial charge in [-0.2, -0.15) is 5.10 Å². The van der Waals surface area contributed by atoms with Crippen molar-refractivity contribution in [2.75, 3.05) is 13.1 Å². The van der Waals surface area contributed by atoms with Crippen LogP contribution >= 0.6 is 0 Å². The van der Waals surface area contributed by atoms with Gasteiger partial charge in [0.1, 0.15) is 0 Å². The lowest BCUT2D eigenvalue weighted by molar-refractivity contribution is -0.136. The Bertz CT molecular complexity index is 1000. The molecule has 3 aromatic rings. The largest absolute Gasteiger partial charge is 0.341 e. The van der Waals surface area contributed by atoms with E-state index in [1.54, 1.807) is 6.92 Å². The third-order valence-corrected chi connectivity index (χ3v) is 5.70. The summed E-state index contributed by atoms with van der Waals surface area (Å²) >= 11 is 0. The van der Waals surface area contributed by atoms with Gasteiger partial charge in [0.2, 0.25) is 5.91 Å². The van der Waals surface area contributed by atoms with E-state index in [0.29, 0.717) is 6.04 Å². The van der Waals surface area contributed by atoms with Crippen molar-refractivity contribution in [3.05, 3.63) is 48.3 Å². The summed E-state index contributed by atoms with van der Waals surface area (Å²) in [7, 11) is 0. The van der Waals surface area contributed by atoms with Gasteiger partial charge >= 0.3 is 0 Å². The first-order valence-electron chi connectivity index (χ1n) is 8.76. The second-order valence-electron chi connectivity index (χ2n) is 7.48. The molecule has 5 heteroatoms. The Hall–Kier alpha value is -2.69. The number of amides is 1. The number of carbonyl (C=O) groups excluding carboxylic acids is 1. The van der Waals surface area contributed by atoms with Gasteiger partial charge in [0.25, 0.3) is 0 Å². The summed E-state index contributed by atoms with van der Waals surface area (Å²) in [5.74, 6) is 0.162. The molecule has 1 spiro atoms. The number of fused-ring (bicyclic) bond motifs is 3. The predicted molar refractivity (Wildman–Crippen MR) is 96.2 cm³/mol. The molecule has 0 radical (unpaired) electrons. The minimum atomic E-state index is 0.0839. The number of pyridine rings is 1. The van der Waals surface area contributed by atoms with E-state index < -0.39 is 0 Å². The number of hydrogen-bond acceptors (Lipinski definition) is 3. The number of likely N-dealkylation sites (tertiary alicyclic amines) is 1. The highest BCUT2D eigenvalue weighted by atomic mass is 16.2. The minimum absolute atomic E-state index is 0.0839. The van der Waals surface area contributed by atoms with Crippen LogP contribution in [0.5, 0.6) is 0 Å². The Kier molecular flexibility index (Phi) is 2.87. The van der Waals surface area contributed by atoms with Crippen LogP contribution in [0.15, 0.2) is 42.6 Å². The Morgan fingerprint density at radius 2 is 2.04 bits per heavy atom. The van der Waals surface area contributed by atoms with E-state index in [2.05, 4.69) is 34.8 Å². The molecule has 0 bridgehead atoms. The second kappa shape index (κ2) is 4.91. The molecule has 25 heavy (non-hydrogen) atoms.